The fourth-order valence-corrected chi connectivity index (χ4v) is 6.88. The second-order valence-electron chi connectivity index (χ2n) is 14.8. The van der Waals surface area contributed by atoms with Gasteiger partial charge in [0.1, 0.15) is 67.2 Å². The summed E-state index contributed by atoms with van der Waals surface area (Å²) in [6.45, 7) is 0.641. The van der Waals surface area contributed by atoms with Crippen molar-refractivity contribution in [2.24, 2.45) is 5.73 Å². The van der Waals surface area contributed by atoms with Crippen LogP contribution in [0, 0.1) is 0 Å². The van der Waals surface area contributed by atoms with Gasteiger partial charge < -0.3 is 81.9 Å². The predicted molar refractivity (Wildman–Crippen MR) is 214 cm³/mol. The van der Waals surface area contributed by atoms with Crippen LogP contribution in [0.4, 0.5) is 5.82 Å². The number of imidazole rings is 1. The lowest BCUT2D eigenvalue weighted by Crippen LogP contribution is -2.66. The van der Waals surface area contributed by atoms with Gasteiger partial charge >= 0.3 is 0 Å². The van der Waals surface area contributed by atoms with Crippen LogP contribution in [0.2, 0.25) is 0 Å². The molecule has 63 heavy (non-hydrogen) atoms. The minimum absolute atomic E-state index is 0.0244. The highest BCUT2D eigenvalue weighted by Gasteiger charge is 2.48. The molecule has 2 aliphatic rings. The first kappa shape index (κ1) is 48.6. The van der Waals surface area contributed by atoms with Crippen molar-refractivity contribution in [3.63, 3.8) is 0 Å². The van der Waals surface area contributed by atoms with Crippen LogP contribution in [0.15, 0.2) is 43.0 Å². The lowest BCUT2D eigenvalue weighted by atomic mass is 9.96. The molecule has 2 aromatic heterocycles. The van der Waals surface area contributed by atoms with Crippen molar-refractivity contribution >= 4 is 46.5 Å². The van der Waals surface area contributed by atoms with Gasteiger partial charge in [0, 0.05) is 26.4 Å². The summed E-state index contributed by atoms with van der Waals surface area (Å²) in [7, 11) is 0. The number of amides is 5. The highest BCUT2D eigenvalue weighted by atomic mass is 16.7. The minimum atomic E-state index is -1.62. The molecule has 5 amide bonds. The summed E-state index contributed by atoms with van der Waals surface area (Å²) in [4.78, 5) is 76.2. The van der Waals surface area contributed by atoms with Crippen LogP contribution in [0.25, 0.3) is 11.2 Å². The number of aliphatic hydroxyl groups is 6. The molecule has 346 valence electrons. The number of nitrogens with zero attached hydrogens (tertiary/aromatic N) is 4. The molecular formula is C38H54N10O15. The lowest BCUT2D eigenvalue weighted by Gasteiger charge is -2.44. The first-order chi connectivity index (χ1) is 30.2. The zero-order valence-electron chi connectivity index (χ0n) is 34.4. The summed E-state index contributed by atoms with van der Waals surface area (Å²) in [5, 5.41) is 73.8. The first-order valence-corrected chi connectivity index (χ1v) is 20.0. The molecule has 2 saturated heterocycles. The third-order valence-corrected chi connectivity index (χ3v) is 10.2. The first-order valence-electron chi connectivity index (χ1n) is 20.0. The average molecular weight is 891 g/mol. The number of carbonyl (C=O) groups is 5. The molecule has 5 rings (SSSR count). The van der Waals surface area contributed by atoms with Gasteiger partial charge in [0.2, 0.25) is 29.5 Å². The van der Waals surface area contributed by atoms with Gasteiger partial charge in [-0.1, -0.05) is 30.3 Å². The molecule has 2 aliphatic heterocycles. The number of carbonyl (C=O) groups excluding carboxylic acids is 5. The van der Waals surface area contributed by atoms with Crippen molar-refractivity contribution in [2.45, 2.75) is 107 Å². The number of fused-ring (bicyclic) bond motifs is 1. The van der Waals surface area contributed by atoms with E-state index in [0.717, 1.165) is 5.56 Å². The summed E-state index contributed by atoms with van der Waals surface area (Å²) >= 11 is 0. The Kier molecular flexibility index (Phi) is 17.5. The van der Waals surface area contributed by atoms with Crippen LogP contribution in [0.5, 0.6) is 0 Å². The summed E-state index contributed by atoms with van der Waals surface area (Å²) in [5.74, 6) is -3.73. The number of aromatic nitrogens is 4. The molecular weight excluding hydrogens is 836 g/mol. The van der Waals surface area contributed by atoms with Gasteiger partial charge in [-0.2, -0.15) is 0 Å². The van der Waals surface area contributed by atoms with Crippen LogP contribution in [-0.2, 0) is 49.5 Å². The number of nitrogens with one attached hydrogen (secondary N) is 5. The van der Waals surface area contributed by atoms with Gasteiger partial charge in [-0.15, -0.1) is 0 Å². The Bertz CT molecular complexity index is 2010. The quantitative estimate of drug-likeness (QED) is 0.0419. The molecule has 0 radical (unpaired) electrons. The molecule has 4 heterocycles. The Hall–Kier alpha value is -5.48. The minimum Gasteiger partial charge on any atom is -0.394 e. The number of aliphatic hydroxyl groups excluding tert-OH is 6. The van der Waals surface area contributed by atoms with Crippen LogP contribution >= 0.6 is 0 Å². The average Bonchev–Trinajstić information content (AvgIpc) is 3.83. The smallest absolute Gasteiger partial charge is 0.249 e. The largest absolute Gasteiger partial charge is 0.394 e. The van der Waals surface area contributed by atoms with E-state index < -0.39 is 123 Å². The summed E-state index contributed by atoms with van der Waals surface area (Å²) < 4.78 is 24.5. The van der Waals surface area contributed by atoms with E-state index in [1.54, 1.807) is 24.3 Å². The normalized spacial score (nSPS) is 26.0. The Labute approximate surface area is 359 Å². The van der Waals surface area contributed by atoms with E-state index in [-0.39, 0.29) is 44.0 Å². The third-order valence-electron chi connectivity index (χ3n) is 10.2. The van der Waals surface area contributed by atoms with Crippen LogP contribution in [0.3, 0.4) is 0 Å². The Morgan fingerprint density at radius 3 is 2.24 bits per heavy atom. The topological polar surface area (TPSA) is 373 Å². The van der Waals surface area contributed by atoms with Crippen molar-refractivity contribution in [2.75, 3.05) is 38.2 Å². The van der Waals surface area contributed by atoms with Crippen LogP contribution in [0.1, 0.15) is 38.5 Å². The molecule has 1 aromatic carbocycles. The van der Waals surface area contributed by atoms with Gasteiger partial charge in [0.15, 0.2) is 29.5 Å². The monoisotopic (exact) mass is 890 g/mol. The van der Waals surface area contributed by atoms with E-state index in [2.05, 4.69) is 41.5 Å². The molecule has 12 atom stereocenters. The van der Waals surface area contributed by atoms with Gasteiger partial charge in [-0.05, 0) is 18.9 Å². The number of rotatable bonds is 22. The zero-order valence-corrected chi connectivity index (χ0v) is 34.4. The summed E-state index contributed by atoms with van der Waals surface area (Å²) in [5.41, 5.74) is 6.81. The molecule has 0 aliphatic carbocycles. The molecule has 25 nitrogen and oxygen atoms in total. The fourth-order valence-electron chi connectivity index (χ4n) is 6.88. The van der Waals surface area contributed by atoms with E-state index in [1.807, 2.05) is 6.07 Å². The Morgan fingerprint density at radius 2 is 1.59 bits per heavy atom. The van der Waals surface area contributed by atoms with E-state index in [0.29, 0.717) is 5.52 Å². The zero-order chi connectivity index (χ0) is 45.8. The summed E-state index contributed by atoms with van der Waals surface area (Å²) in [6.07, 6.45) is -9.54. The second kappa shape index (κ2) is 22.7. The highest BCUT2D eigenvalue weighted by Crippen LogP contribution is 2.32. The van der Waals surface area contributed by atoms with E-state index in [9.17, 15) is 54.6 Å². The molecule has 0 spiro atoms. The van der Waals surface area contributed by atoms with Crippen molar-refractivity contribution in [1.82, 2.24) is 40.8 Å². The number of nitrogens with two attached hydrogens (primary N) is 1. The van der Waals surface area contributed by atoms with E-state index in [4.69, 9.17) is 24.7 Å². The maximum Gasteiger partial charge on any atom is 0.249 e. The van der Waals surface area contributed by atoms with Crippen molar-refractivity contribution in [3.8, 4) is 0 Å². The van der Waals surface area contributed by atoms with Crippen LogP contribution < -0.4 is 32.3 Å². The van der Waals surface area contributed by atoms with Crippen LogP contribution in [-0.4, -0.2) is 180 Å². The number of anilines is 1. The van der Waals surface area contributed by atoms with Gasteiger partial charge in [-0.25, -0.2) is 15.0 Å². The van der Waals surface area contributed by atoms with Crippen molar-refractivity contribution in [3.05, 3.63) is 48.5 Å². The Balaban J connectivity index is 1.10. The molecule has 0 unspecified atom stereocenters. The molecule has 13 N–H and O–H groups in total. The number of primary amides is 1. The molecule has 25 heteroatoms. The highest BCUT2D eigenvalue weighted by molar-refractivity contribution is 5.92. The summed E-state index contributed by atoms with van der Waals surface area (Å²) in [6, 6.07) is 4.79. The molecule has 0 saturated carbocycles. The van der Waals surface area contributed by atoms with Gasteiger partial charge in [0.25, 0.3) is 0 Å². The number of hydrogen-bond acceptors (Lipinski definition) is 19. The number of ether oxygens (including phenoxy) is 4. The molecule has 0 bridgehead atoms. The van der Waals surface area contributed by atoms with Gasteiger partial charge in [0.05, 0.1) is 32.8 Å². The number of hydrogen-bond donors (Lipinski definition) is 12. The predicted octanol–water partition coefficient (Wildman–Crippen LogP) is -5.23. The van der Waals surface area contributed by atoms with E-state index >= 15 is 0 Å². The van der Waals surface area contributed by atoms with Gasteiger partial charge in [-0.3, -0.25) is 28.5 Å². The number of benzene rings is 1. The fraction of sp³-hybridized carbons (Fsp3) is 0.579. The molecule has 3 aromatic rings. The molecule has 2 fully saturated rings. The maximum atomic E-state index is 13.3. The van der Waals surface area contributed by atoms with Crippen molar-refractivity contribution in [1.29, 1.82) is 0 Å². The maximum absolute atomic E-state index is 13.3. The van der Waals surface area contributed by atoms with E-state index in [1.165, 1.54) is 31.1 Å². The second-order valence-corrected chi connectivity index (χ2v) is 14.8. The van der Waals surface area contributed by atoms with Crippen molar-refractivity contribution < 1.29 is 73.6 Å². The third kappa shape index (κ3) is 12.4. The Morgan fingerprint density at radius 1 is 0.889 bits per heavy atom. The standard InChI is InChI=1S/C38H54N10O15/c1-18(61-31-26(45-19(2)52)38(63-24(14-51)29(31)55)60-15-20-6-4-3-5-7-20)35(58)47-22(12-49)36(59)46-21(32(39)57)8-9-25(53)40-10-11-41-33-27-34(43-16-42-33)48(17-44-27)37-30(56)28(54)23(13-50)62-37/h3-7,16-18,21-24,26,28-31,37-38,49-51,54-56H,8-15H2,1-2H3,(H2,39,57)(H,40,53)(H,45,52)(H,46,59)(H,47,58)(H,41,42,43)/t18-,21-,22-,23-,24-,26-,28-,29-,30-,31-,37-,38+/m1/s1. The lowest BCUT2D eigenvalue weighted by molar-refractivity contribution is -0.283. The SMILES string of the molecule is CC(=O)N[C@H]1[C@@H](OCc2ccccc2)O[C@H](CO)[C@@H](O)[C@@H]1O[C@H](C)C(=O)N[C@H](CO)C(=O)N[C@H](CCC(=O)NCCNc1ncnc2c1ncn2[C@@H]1O[C@H](CO)[C@@H](O)[C@H]1O)C(N)=O.